The third-order valence-electron chi connectivity index (χ3n) is 9.02. The van der Waals surface area contributed by atoms with E-state index in [4.69, 9.17) is 24.2 Å². The van der Waals surface area contributed by atoms with Crippen molar-refractivity contribution in [1.82, 2.24) is 14.8 Å². The van der Waals surface area contributed by atoms with Crippen LogP contribution in [0.15, 0.2) is 109 Å². The first kappa shape index (κ1) is 40.4. The average Bonchev–Trinajstić information content (AvgIpc) is 3.18. The van der Waals surface area contributed by atoms with Gasteiger partial charge in [-0.3, -0.25) is 9.69 Å². The number of carbonyl (C=O) groups is 1. The summed E-state index contributed by atoms with van der Waals surface area (Å²) in [6, 6.07) is 33.3. The number of halogens is 1. The molecule has 284 valence electrons. The van der Waals surface area contributed by atoms with Crippen LogP contribution in [0.3, 0.4) is 0 Å². The van der Waals surface area contributed by atoms with Crippen LogP contribution in [0, 0.1) is 25.2 Å². The molecule has 0 aliphatic carbocycles. The van der Waals surface area contributed by atoms with Gasteiger partial charge in [0.05, 0.1) is 23.9 Å². The lowest BCUT2D eigenvalue weighted by Gasteiger charge is -2.34. The van der Waals surface area contributed by atoms with E-state index in [-0.39, 0.29) is 24.4 Å². The Morgan fingerprint density at radius 1 is 0.782 bits per heavy atom. The summed E-state index contributed by atoms with van der Waals surface area (Å²) < 4.78 is 23.6. The number of rotatable bonds is 14. The Morgan fingerprint density at radius 2 is 1.35 bits per heavy atom. The molecule has 1 aromatic heterocycles. The van der Waals surface area contributed by atoms with Gasteiger partial charge in [-0.1, -0.05) is 36.4 Å². The van der Waals surface area contributed by atoms with Gasteiger partial charge in [0.25, 0.3) is 0 Å². The fourth-order valence-corrected chi connectivity index (χ4v) is 6.15. The minimum atomic E-state index is 0. The van der Waals surface area contributed by atoms with Crippen LogP contribution in [0.1, 0.15) is 52.8 Å². The number of ether oxygens (including phenoxy) is 4. The van der Waals surface area contributed by atoms with Crippen LogP contribution >= 0.6 is 12.4 Å². The van der Waals surface area contributed by atoms with Crippen molar-refractivity contribution in [3.63, 3.8) is 0 Å². The molecule has 1 saturated heterocycles. The van der Waals surface area contributed by atoms with Crippen molar-refractivity contribution in [3.05, 3.63) is 148 Å². The van der Waals surface area contributed by atoms with Crippen LogP contribution in [-0.2, 0) is 24.6 Å². The van der Waals surface area contributed by atoms with Crippen molar-refractivity contribution in [2.75, 3.05) is 26.2 Å². The van der Waals surface area contributed by atoms with Gasteiger partial charge < -0.3 is 23.8 Å². The number of nitrogens with zero attached hydrogens (tertiary/aromatic N) is 4. The highest BCUT2D eigenvalue weighted by atomic mass is 35.5. The highest BCUT2D eigenvalue weighted by Crippen LogP contribution is 2.30. The fraction of sp³-hybridized carbons (Fsp3) is 0.267. The van der Waals surface area contributed by atoms with Crippen LogP contribution in [0.4, 0.5) is 0 Å². The third kappa shape index (κ3) is 11.8. The number of hydrogen-bond donors (Lipinski definition) is 0. The van der Waals surface area contributed by atoms with E-state index in [1.54, 1.807) is 30.5 Å². The molecule has 1 aliphatic heterocycles. The quantitative estimate of drug-likeness (QED) is 0.104. The molecule has 0 N–H and O–H groups in total. The summed E-state index contributed by atoms with van der Waals surface area (Å²) in [6.07, 6.45) is 5.31. The Morgan fingerprint density at radius 3 is 1.93 bits per heavy atom. The van der Waals surface area contributed by atoms with E-state index in [9.17, 15) is 4.79 Å². The number of pyridine rings is 1. The maximum absolute atomic E-state index is 13.1. The zero-order valence-corrected chi connectivity index (χ0v) is 32.6. The lowest BCUT2D eigenvalue weighted by Crippen LogP contribution is -2.47. The molecule has 55 heavy (non-hydrogen) atoms. The van der Waals surface area contributed by atoms with Gasteiger partial charge in [0.2, 0.25) is 11.8 Å². The van der Waals surface area contributed by atoms with E-state index in [1.165, 1.54) is 5.56 Å². The van der Waals surface area contributed by atoms with Crippen molar-refractivity contribution in [3.8, 4) is 34.9 Å². The maximum Gasteiger partial charge on any atom is 0.246 e. The highest BCUT2D eigenvalue weighted by Gasteiger charge is 2.20. The Kier molecular flexibility index (Phi) is 14.3. The van der Waals surface area contributed by atoms with E-state index in [0.29, 0.717) is 43.5 Å². The van der Waals surface area contributed by atoms with Gasteiger partial charge >= 0.3 is 0 Å². The van der Waals surface area contributed by atoms with E-state index in [1.807, 2.05) is 93.3 Å². The lowest BCUT2D eigenvalue weighted by molar-refractivity contribution is -0.127. The number of benzene rings is 4. The van der Waals surface area contributed by atoms with E-state index in [2.05, 4.69) is 40.2 Å². The van der Waals surface area contributed by atoms with Crippen molar-refractivity contribution in [2.45, 2.75) is 53.6 Å². The largest absolute Gasteiger partial charge is 0.491 e. The molecule has 0 radical (unpaired) electrons. The molecule has 0 bridgehead atoms. The fourth-order valence-electron chi connectivity index (χ4n) is 6.15. The average molecular weight is 759 g/mol. The molecule has 0 unspecified atom stereocenters. The predicted molar refractivity (Wildman–Crippen MR) is 217 cm³/mol. The maximum atomic E-state index is 13.1. The van der Waals surface area contributed by atoms with Crippen LogP contribution in [0.25, 0.3) is 6.08 Å². The van der Waals surface area contributed by atoms with Crippen molar-refractivity contribution in [2.24, 2.45) is 0 Å². The van der Waals surface area contributed by atoms with Gasteiger partial charge in [-0.2, -0.15) is 5.26 Å². The summed E-state index contributed by atoms with van der Waals surface area (Å²) in [5.41, 5.74) is 6.76. The normalized spacial score (nSPS) is 12.9. The molecule has 9 nitrogen and oxygen atoms in total. The lowest BCUT2D eigenvalue weighted by atomic mass is 10.1. The minimum absolute atomic E-state index is 0. The third-order valence-corrected chi connectivity index (χ3v) is 9.02. The standard InChI is InChI=1S/C45H46N4O5.ClH/c1-32(2)53-41-16-14-40(15-17-41)51-30-38-11-7-36(8-12-38)29-48-21-23-49(24-22-48)44(50)20-13-39-25-33(3)45(34(4)26-39)54-43-19-18-42(28-47-43)52-31-37-9-5-35(27-46)6-10-37;/h5-20,25-26,28,32H,21-24,29-31H2,1-4H3;1H. The molecule has 5 aromatic rings. The highest BCUT2D eigenvalue weighted by molar-refractivity contribution is 5.92. The molecule has 1 amide bonds. The van der Waals surface area contributed by atoms with E-state index < -0.39 is 0 Å². The number of aryl methyl sites for hydroxylation is 2. The molecule has 0 saturated carbocycles. The smallest absolute Gasteiger partial charge is 0.246 e. The van der Waals surface area contributed by atoms with Crippen molar-refractivity contribution in [1.29, 1.82) is 5.26 Å². The van der Waals surface area contributed by atoms with E-state index in [0.717, 1.165) is 64.7 Å². The summed E-state index contributed by atoms with van der Waals surface area (Å²) in [7, 11) is 0. The summed E-state index contributed by atoms with van der Waals surface area (Å²) in [5.74, 6) is 3.48. The number of carbonyl (C=O) groups excluding carboxylic acids is 1. The Balaban J connectivity index is 0.00000580. The first-order valence-electron chi connectivity index (χ1n) is 18.2. The van der Waals surface area contributed by atoms with Crippen molar-refractivity contribution >= 4 is 24.4 Å². The molecule has 10 heteroatoms. The molecule has 4 aromatic carbocycles. The SMILES string of the molecule is Cc1cc(C=CC(=O)N2CCN(Cc3ccc(COc4ccc(OC(C)C)cc4)cc3)CC2)cc(C)c1Oc1ccc(OCc2ccc(C#N)cc2)cn1.Cl. The summed E-state index contributed by atoms with van der Waals surface area (Å²) in [6.45, 7) is 12.7. The Hall–Kier alpha value is -5.82. The van der Waals surface area contributed by atoms with Gasteiger partial charge in [-0.25, -0.2) is 4.98 Å². The van der Waals surface area contributed by atoms with Crippen LogP contribution in [-0.4, -0.2) is 53.0 Å². The zero-order chi connectivity index (χ0) is 37.9. The zero-order valence-electron chi connectivity index (χ0n) is 31.7. The molecule has 2 heterocycles. The Labute approximate surface area is 330 Å². The second-order valence-corrected chi connectivity index (χ2v) is 13.7. The number of aromatic nitrogens is 1. The predicted octanol–water partition coefficient (Wildman–Crippen LogP) is 9.09. The number of hydrogen-bond acceptors (Lipinski definition) is 8. The van der Waals surface area contributed by atoms with Crippen molar-refractivity contribution < 1.29 is 23.7 Å². The first-order chi connectivity index (χ1) is 26.2. The Bertz CT molecular complexity index is 2050. The van der Waals surface area contributed by atoms with Crippen LogP contribution in [0.5, 0.6) is 28.9 Å². The summed E-state index contributed by atoms with van der Waals surface area (Å²) in [4.78, 5) is 21.8. The summed E-state index contributed by atoms with van der Waals surface area (Å²) >= 11 is 0. The number of piperazine rings is 1. The number of amides is 1. The van der Waals surface area contributed by atoms with Crippen LogP contribution < -0.4 is 18.9 Å². The molecule has 0 spiro atoms. The second kappa shape index (κ2) is 19.5. The number of nitriles is 1. The first-order valence-corrected chi connectivity index (χ1v) is 18.2. The van der Waals surface area contributed by atoms with Crippen LogP contribution in [0.2, 0.25) is 0 Å². The monoisotopic (exact) mass is 758 g/mol. The second-order valence-electron chi connectivity index (χ2n) is 13.7. The van der Waals surface area contributed by atoms with Gasteiger partial charge in [0, 0.05) is 44.9 Å². The molecular formula is C45H47ClN4O5. The van der Waals surface area contributed by atoms with Gasteiger partial charge in [0.15, 0.2) is 0 Å². The molecular weight excluding hydrogens is 712 g/mol. The van der Waals surface area contributed by atoms with Gasteiger partial charge in [-0.05, 0) is 122 Å². The molecule has 1 fully saturated rings. The molecule has 1 aliphatic rings. The molecule has 6 rings (SSSR count). The van der Waals surface area contributed by atoms with Gasteiger partial charge in [0.1, 0.15) is 36.2 Å². The van der Waals surface area contributed by atoms with Gasteiger partial charge in [-0.15, -0.1) is 12.4 Å². The molecule has 0 atom stereocenters. The topological polar surface area (TPSA) is 97.2 Å². The minimum Gasteiger partial charge on any atom is -0.491 e. The van der Waals surface area contributed by atoms with E-state index >= 15 is 0 Å². The summed E-state index contributed by atoms with van der Waals surface area (Å²) in [5, 5.41) is 8.97.